The van der Waals surface area contributed by atoms with Gasteiger partial charge in [0.25, 0.3) is 0 Å². The predicted octanol–water partition coefficient (Wildman–Crippen LogP) is 2.46. The van der Waals surface area contributed by atoms with Crippen molar-refractivity contribution in [2.45, 2.75) is 0 Å². The van der Waals surface area contributed by atoms with Gasteiger partial charge < -0.3 is 4.74 Å². The molecule has 0 amide bonds. The van der Waals surface area contributed by atoms with Crippen LogP contribution in [0, 0.1) is 3.57 Å². The van der Waals surface area contributed by atoms with E-state index in [0.717, 1.165) is 8.17 Å². The molecule has 0 aliphatic heterocycles. The second kappa shape index (κ2) is 3.52. The first-order valence-electron chi connectivity index (χ1n) is 2.60. The fourth-order valence-electron chi connectivity index (χ4n) is 0.514. The average molecular weight is 314 g/mol. The number of pyridine rings is 1. The number of rotatable bonds is 1. The van der Waals surface area contributed by atoms with Gasteiger partial charge in [0, 0.05) is 9.64 Å². The smallest absolute Gasteiger partial charge is 0.214 e. The van der Waals surface area contributed by atoms with Crippen LogP contribution in [0.3, 0.4) is 0 Å². The van der Waals surface area contributed by atoms with Gasteiger partial charge in [0.05, 0.1) is 7.11 Å². The first-order valence-corrected chi connectivity index (χ1v) is 4.47. The van der Waals surface area contributed by atoms with Gasteiger partial charge in [0.15, 0.2) is 0 Å². The van der Waals surface area contributed by atoms with Gasteiger partial charge in [-0.3, -0.25) is 0 Å². The third-order valence-electron chi connectivity index (χ3n) is 0.987. The molecule has 1 aromatic heterocycles. The van der Waals surface area contributed by atoms with Crippen LogP contribution in [0.5, 0.6) is 5.88 Å². The Labute approximate surface area is 81.3 Å². The molecule has 0 fully saturated rings. The van der Waals surface area contributed by atoms with E-state index in [1.54, 1.807) is 7.11 Å². The Bertz CT molecular complexity index is 241. The summed E-state index contributed by atoms with van der Waals surface area (Å²) < 4.78 is 6.81. The van der Waals surface area contributed by atoms with Gasteiger partial charge in [-0.25, -0.2) is 4.98 Å². The summed E-state index contributed by atoms with van der Waals surface area (Å²) in [6, 6.07) is 3.77. The van der Waals surface area contributed by atoms with Crippen molar-refractivity contribution in [3.8, 4) is 5.88 Å². The summed E-state index contributed by atoms with van der Waals surface area (Å²) in [7, 11) is 1.60. The highest BCUT2D eigenvalue weighted by Gasteiger charge is 1.97. The lowest BCUT2D eigenvalue weighted by Gasteiger charge is -1.98. The second-order valence-electron chi connectivity index (χ2n) is 1.63. The van der Waals surface area contributed by atoms with Crippen molar-refractivity contribution < 1.29 is 4.74 Å². The Morgan fingerprint density at radius 1 is 1.60 bits per heavy atom. The third-order valence-corrected chi connectivity index (χ3v) is 3.20. The molecule has 1 rings (SSSR count). The van der Waals surface area contributed by atoms with Gasteiger partial charge in [-0.05, 0) is 44.6 Å². The zero-order valence-corrected chi connectivity index (χ0v) is 9.01. The van der Waals surface area contributed by atoms with Crippen molar-refractivity contribution >= 4 is 38.5 Å². The third kappa shape index (κ3) is 1.82. The SMILES string of the molecule is COc1ccc(I)c(Br)n1. The molecule has 54 valence electrons. The maximum atomic E-state index is 4.91. The number of halogens is 2. The molecule has 0 saturated heterocycles. The van der Waals surface area contributed by atoms with E-state index in [0.29, 0.717) is 5.88 Å². The molecule has 0 bridgehead atoms. The van der Waals surface area contributed by atoms with Gasteiger partial charge in [-0.1, -0.05) is 0 Å². The van der Waals surface area contributed by atoms with Crippen molar-refractivity contribution in [3.63, 3.8) is 0 Å². The Balaban J connectivity index is 3.04. The molecular formula is C6H5BrINO. The van der Waals surface area contributed by atoms with Gasteiger partial charge in [-0.2, -0.15) is 0 Å². The first-order chi connectivity index (χ1) is 4.74. The van der Waals surface area contributed by atoms with E-state index in [-0.39, 0.29) is 0 Å². The minimum atomic E-state index is 0.632. The second-order valence-corrected chi connectivity index (χ2v) is 3.54. The number of hydrogen-bond donors (Lipinski definition) is 0. The largest absolute Gasteiger partial charge is 0.481 e. The van der Waals surface area contributed by atoms with Crippen molar-refractivity contribution in [3.05, 3.63) is 20.3 Å². The molecule has 1 aromatic rings. The van der Waals surface area contributed by atoms with Crippen LogP contribution in [-0.2, 0) is 0 Å². The number of hydrogen-bond acceptors (Lipinski definition) is 2. The molecule has 0 atom stereocenters. The Morgan fingerprint density at radius 3 is 2.80 bits per heavy atom. The molecule has 0 unspecified atom stereocenters. The molecule has 0 N–H and O–H groups in total. The highest BCUT2D eigenvalue weighted by Crippen LogP contribution is 2.19. The topological polar surface area (TPSA) is 22.1 Å². The van der Waals surface area contributed by atoms with Crippen LogP contribution in [0.4, 0.5) is 0 Å². The van der Waals surface area contributed by atoms with E-state index < -0.39 is 0 Å². The fourth-order valence-corrected chi connectivity index (χ4v) is 1.12. The summed E-state index contributed by atoms with van der Waals surface area (Å²) in [6.45, 7) is 0. The molecule has 0 aromatic carbocycles. The zero-order valence-electron chi connectivity index (χ0n) is 5.27. The van der Waals surface area contributed by atoms with Crippen molar-refractivity contribution in [2.75, 3.05) is 7.11 Å². The molecular weight excluding hydrogens is 309 g/mol. The maximum Gasteiger partial charge on any atom is 0.214 e. The Kier molecular flexibility index (Phi) is 2.91. The van der Waals surface area contributed by atoms with Crippen LogP contribution in [0.1, 0.15) is 0 Å². The van der Waals surface area contributed by atoms with Crippen LogP contribution >= 0.6 is 38.5 Å². The summed E-state index contributed by atoms with van der Waals surface area (Å²) in [5.41, 5.74) is 0. The molecule has 0 aliphatic rings. The number of aromatic nitrogens is 1. The monoisotopic (exact) mass is 313 g/mol. The van der Waals surface area contributed by atoms with Gasteiger partial charge in [-0.15, -0.1) is 0 Å². The van der Waals surface area contributed by atoms with Crippen LogP contribution in [0.15, 0.2) is 16.7 Å². The number of ether oxygens (including phenoxy) is 1. The van der Waals surface area contributed by atoms with E-state index in [1.807, 2.05) is 12.1 Å². The number of nitrogens with zero attached hydrogens (tertiary/aromatic N) is 1. The molecule has 1 heterocycles. The lowest BCUT2D eigenvalue weighted by atomic mass is 10.5. The van der Waals surface area contributed by atoms with E-state index in [9.17, 15) is 0 Å². The maximum absolute atomic E-state index is 4.91. The first kappa shape index (κ1) is 8.26. The normalized spacial score (nSPS) is 9.50. The van der Waals surface area contributed by atoms with E-state index >= 15 is 0 Å². The molecule has 0 spiro atoms. The van der Waals surface area contributed by atoms with Gasteiger partial charge >= 0.3 is 0 Å². The Hall–Kier alpha value is 0.160. The van der Waals surface area contributed by atoms with Gasteiger partial charge in [0.1, 0.15) is 4.60 Å². The standard InChI is InChI=1S/C6H5BrINO/c1-10-5-3-2-4(8)6(7)9-5/h2-3H,1H3. The summed E-state index contributed by atoms with van der Waals surface area (Å²) in [5, 5.41) is 0. The summed E-state index contributed by atoms with van der Waals surface area (Å²) in [5.74, 6) is 0.632. The average Bonchev–Trinajstić information content (AvgIpc) is 1.95. The lowest BCUT2D eigenvalue weighted by Crippen LogP contribution is -1.88. The number of methoxy groups -OCH3 is 1. The molecule has 2 nitrogen and oxygen atoms in total. The van der Waals surface area contributed by atoms with Crippen molar-refractivity contribution in [2.24, 2.45) is 0 Å². The molecule has 10 heavy (non-hydrogen) atoms. The molecule has 0 radical (unpaired) electrons. The molecule has 4 heteroatoms. The highest BCUT2D eigenvalue weighted by atomic mass is 127. The minimum absolute atomic E-state index is 0.632. The molecule has 0 saturated carbocycles. The van der Waals surface area contributed by atoms with Crippen molar-refractivity contribution in [1.29, 1.82) is 0 Å². The predicted molar refractivity (Wildman–Crippen MR) is 51.2 cm³/mol. The quantitative estimate of drug-likeness (QED) is 0.587. The van der Waals surface area contributed by atoms with E-state index in [4.69, 9.17) is 4.74 Å². The van der Waals surface area contributed by atoms with E-state index in [2.05, 4.69) is 43.5 Å². The van der Waals surface area contributed by atoms with Gasteiger partial charge in [0.2, 0.25) is 5.88 Å². The Morgan fingerprint density at radius 2 is 2.30 bits per heavy atom. The summed E-state index contributed by atoms with van der Waals surface area (Å²) in [6.07, 6.45) is 0. The highest BCUT2D eigenvalue weighted by molar-refractivity contribution is 14.1. The zero-order chi connectivity index (χ0) is 7.56. The summed E-state index contributed by atoms with van der Waals surface area (Å²) in [4.78, 5) is 4.08. The van der Waals surface area contributed by atoms with Crippen LogP contribution in [0.2, 0.25) is 0 Å². The van der Waals surface area contributed by atoms with Crippen molar-refractivity contribution in [1.82, 2.24) is 4.98 Å². The van der Waals surface area contributed by atoms with Crippen LogP contribution in [0.25, 0.3) is 0 Å². The van der Waals surface area contributed by atoms with Crippen LogP contribution in [-0.4, -0.2) is 12.1 Å². The summed E-state index contributed by atoms with van der Waals surface area (Å²) >= 11 is 5.48. The lowest BCUT2D eigenvalue weighted by molar-refractivity contribution is 0.397. The fraction of sp³-hybridized carbons (Fsp3) is 0.167. The molecule has 0 aliphatic carbocycles. The minimum Gasteiger partial charge on any atom is -0.481 e. The van der Waals surface area contributed by atoms with Crippen LogP contribution < -0.4 is 4.74 Å². The van der Waals surface area contributed by atoms with E-state index in [1.165, 1.54) is 0 Å².